The van der Waals surface area contributed by atoms with Gasteiger partial charge in [-0.25, -0.2) is 0 Å². The van der Waals surface area contributed by atoms with E-state index in [1.54, 1.807) is 5.57 Å². The minimum Gasteiger partial charge on any atom is -0.320 e. The fourth-order valence-electron chi connectivity index (χ4n) is 5.84. The molecule has 1 unspecified atom stereocenters. The second-order valence-corrected chi connectivity index (χ2v) is 9.11. The fraction of sp³-hybridized carbons (Fsp3) is 0.833. The Hall–Kier alpha value is -0.700. The van der Waals surface area contributed by atoms with Gasteiger partial charge < -0.3 is 4.74 Å². The van der Waals surface area contributed by atoms with Crippen molar-refractivity contribution in [3.8, 4) is 0 Å². The first-order chi connectivity index (χ1) is 13.2. The van der Waals surface area contributed by atoms with Crippen LogP contribution >= 0.6 is 0 Å². The molecule has 0 bridgehead atoms. The van der Waals surface area contributed by atoms with Crippen molar-refractivity contribution in [2.24, 2.45) is 23.7 Å². The van der Waals surface area contributed by atoms with Crippen molar-refractivity contribution in [1.82, 2.24) is 0 Å². The van der Waals surface area contributed by atoms with Gasteiger partial charge in [-0.1, -0.05) is 36.6 Å². The van der Waals surface area contributed by atoms with Crippen LogP contribution in [0.5, 0.6) is 0 Å². The first-order valence-corrected chi connectivity index (χ1v) is 11.4. The predicted octanol–water partition coefficient (Wildman–Crippen LogP) is 7.67. The summed E-state index contributed by atoms with van der Waals surface area (Å²) in [6.45, 7) is -0.496. The molecule has 0 aromatic heterocycles. The molecule has 0 aliphatic heterocycles. The Morgan fingerprint density at radius 1 is 1.00 bits per heavy atom. The van der Waals surface area contributed by atoms with Gasteiger partial charge in [0.1, 0.15) is 0 Å². The molecule has 2 fully saturated rings. The van der Waals surface area contributed by atoms with E-state index in [-0.39, 0.29) is 6.10 Å². The van der Waals surface area contributed by atoms with Crippen LogP contribution in [-0.4, -0.2) is 12.7 Å². The quantitative estimate of drug-likeness (QED) is 0.412. The van der Waals surface area contributed by atoms with Crippen LogP contribution < -0.4 is 0 Å². The van der Waals surface area contributed by atoms with E-state index in [2.05, 4.69) is 25.2 Å². The van der Waals surface area contributed by atoms with Crippen LogP contribution in [0.4, 0.5) is 8.78 Å². The molecule has 0 heterocycles. The van der Waals surface area contributed by atoms with Crippen LogP contribution in [0, 0.1) is 23.7 Å². The van der Waals surface area contributed by atoms with Gasteiger partial charge in [-0.05, 0) is 101 Å². The lowest BCUT2D eigenvalue weighted by molar-refractivity contribution is -0.170. The molecular formula is C24H38F2O. The summed E-state index contributed by atoms with van der Waals surface area (Å²) in [5.74, 6) is 3.42. The van der Waals surface area contributed by atoms with E-state index in [4.69, 9.17) is 4.74 Å². The highest BCUT2D eigenvalue weighted by Gasteiger charge is 2.31. The zero-order chi connectivity index (χ0) is 19.1. The van der Waals surface area contributed by atoms with Crippen LogP contribution in [0.25, 0.3) is 0 Å². The Bertz CT molecular complexity index is 483. The highest BCUT2D eigenvalue weighted by molar-refractivity contribution is 5.12. The fourth-order valence-corrected chi connectivity index (χ4v) is 5.84. The molecule has 0 aromatic rings. The number of hydrogen-bond acceptors (Lipinski definition) is 1. The van der Waals surface area contributed by atoms with Crippen LogP contribution in [-0.2, 0) is 4.74 Å². The Labute approximate surface area is 164 Å². The predicted molar refractivity (Wildman–Crippen MR) is 108 cm³/mol. The molecule has 0 N–H and O–H groups in total. The molecule has 1 atom stereocenters. The second kappa shape index (κ2) is 10.7. The Balaban J connectivity index is 1.38. The van der Waals surface area contributed by atoms with Gasteiger partial charge in [0, 0.05) is 0 Å². The minimum absolute atomic E-state index is 0.221. The Kier molecular flexibility index (Phi) is 8.36. The maximum absolute atomic E-state index is 12.4. The average molecular weight is 381 g/mol. The lowest BCUT2D eigenvalue weighted by atomic mass is 9.69. The summed E-state index contributed by atoms with van der Waals surface area (Å²) in [6, 6.07) is 0. The van der Waals surface area contributed by atoms with Crippen molar-refractivity contribution in [3.63, 3.8) is 0 Å². The summed E-state index contributed by atoms with van der Waals surface area (Å²) in [5, 5.41) is 0. The van der Waals surface area contributed by atoms with E-state index >= 15 is 0 Å². The summed E-state index contributed by atoms with van der Waals surface area (Å²) in [7, 11) is 0. The zero-order valence-electron chi connectivity index (χ0n) is 17.1. The number of allylic oxidation sites excluding steroid dienone is 4. The van der Waals surface area contributed by atoms with E-state index in [0.717, 1.165) is 43.4 Å². The van der Waals surface area contributed by atoms with Crippen LogP contribution in [0.1, 0.15) is 90.4 Å². The van der Waals surface area contributed by atoms with Crippen LogP contribution in [0.15, 0.2) is 23.8 Å². The van der Waals surface area contributed by atoms with Crippen molar-refractivity contribution in [1.29, 1.82) is 0 Å². The SMILES string of the molecule is C/C=C/CCC1CCC(C2CC=C(C3CCC(OC(F)F)CC3)CC2)CC1. The standard InChI is InChI=1S/C24H38F2O/c1-2-3-4-5-18-6-8-19(9-7-18)20-10-12-21(13-11-20)22-14-16-23(17-15-22)27-24(25)26/h2-3,12,18-20,22-24H,4-11,13-17H2,1H3/b3-2+. The summed E-state index contributed by atoms with van der Waals surface area (Å²) in [6.07, 6.45) is 22.7. The van der Waals surface area contributed by atoms with Crippen molar-refractivity contribution < 1.29 is 13.5 Å². The lowest BCUT2D eigenvalue weighted by Crippen LogP contribution is -2.27. The molecule has 3 rings (SSSR count). The highest BCUT2D eigenvalue weighted by Crippen LogP contribution is 2.43. The van der Waals surface area contributed by atoms with Gasteiger partial charge >= 0.3 is 6.61 Å². The third kappa shape index (κ3) is 6.41. The van der Waals surface area contributed by atoms with Gasteiger partial charge in [0.15, 0.2) is 0 Å². The maximum Gasteiger partial charge on any atom is 0.345 e. The van der Waals surface area contributed by atoms with Crippen molar-refractivity contribution in [2.45, 2.75) is 103 Å². The molecule has 0 saturated heterocycles. The molecule has 2 saturated carbocycles. The maximum atomic E-state index is 12.4. The van der Waals surface area contributed by atoms with Gasteiger partial charge in [-0.15, -0.1) is 0 Å². The molecule has 27 heavy (non-hydrogen) atoms. The van der Waals surface area contributed by atoms with Gasteiger partial charge in [-0.2, -0.15) is 8.78 Å². The molecule has 3 heteroatoms. The summed E-state index contributed by atoms with van der Waals surface area (Å²) in [5.41, 5.74) is 1.63. The molecular weight excluding hydrogens is 342 g/mol. The number of rotatable bonds is 7. The van der Waals surface area contributed by atoms with Crippen molar-refractivity contribution >= 4 is 0 Å². The lowest BCUT2D eigenvalue weighted by Gasteiger charge is -2.37. The van der Waals surface area contributed by atoms with E-state index in [1.165, 1.54) is 57.8 Å². The number of hydrogen-bond donors (Lipinski definition) is 0. The smallest absolute Gasteiger partial charge is 0.320 e. The molecule has 154 valence electrons. The number of halogens is 2. The van der Waals surface area contributed by atoms with Gasteiger partial charge in [0.2, 0.25) is 0 Å². The number of alkyl halides is 2. The third-order valence-corrected chi connectivity index (χ3v) is 7.52. The molecule has 3 aliphatic rings. The molecule has 0 spiro atoms. The van der Waals surface area contributed by atoms with E-state index in [9.17, 15) is 8.78 Å². The molecule has 0 amide bonds. The average Bonchev–Trinajstić information content (AvgIpc) is 2.69. The minimum atomic E-state index is -2.61. The van der Waals surface area contributed by atoms with Crippen LogP contribution in [0.2, 0.25) is 0 Å². The Morgan fingerprint density at radius 2 is 1.74 bits per heavy atom. The first kappa shape index (κ1) is 21.0. The Morgan fingerprint density at radius 3 is 2.33 bits per heavy atom. The van der Waals surface area contributed by atoms with Gasteiger partial charge in [0.25, 0.3) is 0 Å². The summed E-state index contributed by atoms with van der Waals surface area (Å²) < 4.78 is 29.4. The van der Waals surface area contributed by atoms with Crippen LogP contribution in [0.3, 0.4) is 0 Å². The molecule has 0 radical (unpaired) electrons. The van der Waals surface area contributed by atoms with Gasteiger partial charge in [-0.3, -0.25) is 0 Å². The molecule has 0 aromatic carbocycles. The monoisotopic (exact) mass is 380 g/mol. The third-order valence-electron chi connectivity index (χ3n) is 7.52. The highest BCUT2D eigenvalue weighted by atomic mass is 19.3. The molecule has 1 nitrogen and oxygen atoms in total. The van der Waals surface area contributed by atoms with Gasteiger partial charge in [0.05, 0.1) is 6.10 Å². The van der Waals surface area contributed by atoms with Crippen molar-refractivity contribution in [3.05, 3.63) is 23.8 Å². The first-order valence-electron chi connectivity index (χ1n) is 11.4. The normalized spacial score (nSPS) is 35.6. The molecule has 3 aliphatic carbocycles. The number of ether oxygens (including phenoxy) is 1. The second-order valence-electron chi connectivity index (χ2n) is 9.11. The van der Waals surface area contributed by atoms with E-state index < -0.39 is 6.61 Å². The zero-order valence-corrected chi connectivity index (χ0v) is 17.1. The van der Waals surface area contributed by atoms with Crippen molar-refractivity contribution in [2.75, 3.05) is 0 Å². The summed E-state index contributed by atoms with van der Waals surface area (Å²) in [4.78, 5) is 0. The van der Waals surface area contributed by atoms with E-state index in [1.807, 2.05) is 0 Å². The topological polar surface area (TPSA) is 9.23 Å². The summed E-state index contributed by atoms with van der Waals surface area (Å²) >= 11 is 0. The van der Waals surface area contributed by atoms with E-state index in [0.29, 0.717) is 5.92 Å². The largest absolute Gasteiger partial charge is 0.345 e.